The van der Waals surface area contributed by atoms with Gasteiger partial charge in [0.05, 0.1) is 0 Å². The zero-order chi connectivity index (χ0) is 12.0. The number of carbonyl (C=O) groups excluding carboxylic acids is 1. The number of hydrogen-bond acceptors (Lipinski definition) is 2. The minimum absolute atomic E-state index is 0.224. The lowest BCUT2D eigenvalue weighted by Crippen LogP contribution is -2.32. The van der Waals surface area contributed by atoms with Gasteiger partial charge < -0.3 is 5.73 Å². The van der Waals surface area contributed by atoms with Crippen LogP contribution in [-0.4, -0.2) is 11.3 Å². The van der Waals surface area contributed by atoms with E-state index >= 15 is 0 Å². The summed E-state index contributed by atoms with van der Waals surface area (Å²) in [6, 6.07) is 0. The summed E-state index contributed by atoms with van der Waals surface area (Å²) in [7, 11) is 0. The van der Waals surface area contributed by atoms with Crippen molar-refractivity contribution >= 4 is 5.78 Å². The number of nitrogens with two attached hydrogens (primary N) is 1. The summed E-state index contributed by atoms with van der Waals surface area (Å²) in [5.74, 6) is 0.320. The predicted octanol–water partition coefficient (Wildman–Crippen LogP) is 3.35. The van der Waals surface area contributed by atoms with E-state index in [1.54, 1.807) is 0 Å². The highest BCUT2D eigenvalue weighted by Crippen LogP contribution is 2.20. The monoisotopic (exact) mass is 223 g/mol. The molecule has 16 heavy (non-hydrogen) atoms. The van der Waals surface area contributed by atoms with Crippen LogP contribution in [0.5, 0.6) is 0 Å². The quantitative estimate of drug-likeness (QED) is 0.794. The molecule has 0 aromatic carbocycles. The number of ketones is 1. The smallest absolute Gasteiger partial charge is 0.158 e. The second-order valence-corrected chi connectivity index (χ2v) is 5.59. The molecule has 2 heteroatoms. The van der Waals surface area contributed by atoms with Crippen LogP contribution in [0.2, 0.25) is 0 Å². The van der Waals surface area contributed by atoms with Crippen molar-refractivity contribution in [3.05, 3.63) is 11.6 Å². The molecule has 1 rings (SSSR count). The maximum absolute atomic E-state index is 12.0. The Morgan fingerprint density at radius 3 is 2.69 bits per heavy atom. The van der Waals surface area contributed by atoms with Crippen LogP contribution in [-0.2, 0) is 4.79 Å². The molecule has 0 unspecified atom stereocenters. The van der Waals surface area contributed by atoms with Crippen LogP contribution in [0.1, 0.15) is 65.2 Å². The van der Waals surface area contributed by atoms with Crippen LogP contribution >= 0.6 is 0 Å². The van der Waals surface area contributed by atoms with Crippen LogP contribution in [0, 0.1) is 0 Å². The number of allylic oxidation sites excluding steroid dienone is 2. The molecule has 0 bridgehead atoms. The molecule has 0 aliphatic heterocycles. The topological polar surface area (TPSA) is 43.1 Å². The third-order valence-corrected chi connectivity index (χ3v) is 3.15. The van der Waals surface area contributed by atoms with Crippen molar-refractivity contribution in [2.24, 2.45) is 5.73 Å². The van der Waals surface area contributed by atoms with E-state index in [1.807, 2.05) is 13.8 Å². The fourth-order valence-electron chi connectivity index (χ4n) is 2.04. The molecular weight excluding hydrogens is 198 g/mol. The van der Waals surface area contributed by atoms with E-state index in [2.05, 4.69) is 6.08 Å². The molecular formula is C14H25NO. The fourth-order valence-corrected chi connectivity index (χ4v) is 2.04. The summed E-state index contributed by atoms with van der Waals surface area (Å²) in [6.07, 6.45) is 10.6. The molecule has 0 fully saturated rings. The highest BCUT2D eigenvalue weighted by molar-refractivity contribution is 5.95. The molecule has 0 saturated heterocycles. The van der Waals surface area contributed by atoms with Gasteiger partial charge in [0, 0.05) is 12.0 Å². The van der Waals surface area contributed by atoms with E-state index in [4.69, 9.17) is 5.73 Å². The maximum Gasteiger partial charge on any atom is 0.158 e. The Morgan fingerprint density at radius 1 is 1.31 bits per heavy atom. The lowest BCUT2D eigenvalue weighted by atomic mass is 9.92. The number of rotatable bonds is 4. The molecule has 1 aliphatic carbocycles. The molecule has 0 radical (unpaired) electrons. The molecule has 92 valence electrons. The van der Waals surface area contributed by atoms with Crippen molar-refractivity contribution in [2.45, 2.75) is 70.8 Å². The van der Waals surface area contributed by atoms with E-state index < -0.39 is 0 Å². The average Bonchev–Trinajstić information content (AvgIpc) is 2.12. The zero-order valence-electron chi connectivity index (χ0n) is 10.7. The fraction of sp³-hybridized carbons (Fsp3) is 0.786. The summed E-state index contributed by atoms with van der Waals surface area (Å²) in [5, 5.41) is 0. The van der Waals surface area contributed by atoms with Crippen molar-refractivity contribution in [3.8, 4) is 0 Å². The first-order valence-electron chi connectivity index (χ1n) is 6.50. The molecule has 0 spiro atoms. The SMILES string of the molecule is CC(C)(N)CCC(=O)C1=CCCCCCC1. The van der Waals surface area contributed by atoms with E-state index in [0.717, 1.165) is 24.8 Å². The van der Waals surface area contributed by atoms with Crippen LogP contribution in [0.15, 0.2) is 11.6 Å². The number of hydrogen-bond donors (Lipinski definition) is 1. The second kappa shape index (κ2) is 6.19. The van der Waals surface area contributed by atoms with E-state index in [1.165, 1.54) is 25.7 Å². The van der Waals surface area contributed by atoms with E-state index in [9.17, 15) is 4.79 Å². The van der Waals surface area contributed by atoms with Crippen LogP contribution in [0.3, 0.4) is 0 Å². The van der Waals surface area contributed by atoms with Crippen molar-refractivity contribution < 1.29 is 4.79 Å². The summed E-state index contributed by atoms with van der Waals surface area (Å²) in [5.41, 5.74) is 6.73. The third-order valence-electron chi connectivity index (χ3n) is 3.15. The molecule has 2 N–H and O–H groups in total. The normalized spacial score (nSPS) is 18.6. The van der Waals surface area contributed by atoms with Gasteiger partial charge in [-0.05, 0) is 51.5 Å². The molecule has 0 atom stereocenters. The molecule has 0 amide bonds. The first-order valence-corrected chi connectivity index (χ1v) is 6.50. The minimum Gasteiger partial charge on any atom is -0.326 e. The Labute approximate surface area is 99.3 Å². The molecule has 2 nitrogen and oxygen atoms in total. The van der Waals surface area contributed by atoms with Crippen molar-refractivity contribution in [1.29, 1.82) is 0 Å². The third kappa shape index (κ3) is 5.45. The Hall–Kier alpha value is -0.630. The average molecular weight is 223 g/mol. The highest BCUT2D eigenvalue weighted by Gasteiger charge is 2.16. The first kappa shape index (κ1) is 13.4. The van der Waals surface area contributed by atoms with Gasteiger partial charge in [-0.2, -0.15) is 0 Å². The van der Waals surface area contributed by atoms with Gasteiger partial charge in [0.15, 0.2) is 5.78 Å². The first-order chi connectivity index (χ1) is 7.49. The Kier molecular flexibility index (Phi) is 5.20. The number of carbonyl (C=O) groups is 1. The molecule has 1 aliphatic rings. The van der Waals surface area contributed by atoms with Gasteiger partial charge in [-0.3, -0.25) is 4.79 Å². The minimum atomic E-state index is -0.224. The van der Waals surface area contributed by atoms with Crippen molar-refractivity contribution in [1.82, 2.24) is 0 Å². The number of Topliss-reactive ketones (excluding diaryl/α,β-unsaturated/α-hetero) is 1. The van der Waals surface area contributed by atoms with Crippen LogP contribution in [0.25, 0.3) is 0 Å². The Bertz CT molecular complexity index is 260. The van der Waals surface area contributed by atoms with Crippen LogP contribution in [0.4, 0.5) is 0 Å². The highest BCUT2D eigenvalue weighted by atomic mass is 16.1. The lowest BCUT2D eigenvalue weighted by molar-refractivity contribution is -0.116. The standard InChI is InChI=1S/C14H25NO/c1-14(2,15)11-10-13(16)12-8-6-4-3-5-7-9-12/h8H,3-7,9-11,15H2,1-2H3. The van der Waals surface area contributed by atoms with Gasteiger partial charge >= 0.3 is 0 Å². The zero-order valence-corrected chi connectivity index (χ0v) is 10.7. The van der Waals surface area contributed by atoms with Gasteiger partial charge in [-0.1, -0.05) is 18.9 Å². The van der Waals surface area contributed by atoms with Gasteiger partial charge in [0.2, 0.25) is 0 Å². The van der Waals surface area contributed by atoms with E-state index in [0.29, 0.717) is 12.2 Å². The summed E-state index contributed by atoms with van der Waals surface area (Å²) in [4.78, 5) is 12.0. The largest absolute Gasteiger partial charge is 0.326 e. The summed E-state index contributed by atoms with van der Waals surface area (Å²) < 4.78 is 0. The van der Waals surface area contributed by atoms with Gasteiger partial charge in [-0.25, -0.2) is 0 Å². The maximum atomic E-state index is 12.0. The van der Waals surface area contributed by atoms with Gasteiger partial charge in [0.25, 0.3) is 0 Å². The predicted molar refractivity (Wildman–Crippen MR) is 68.3 cm³/mol. The summed E-state index contributed by atoms with van der Waals surface area (Å²) >= 11 is 0. The summed E-state index contributed by atoms with van der Waals surface area (Å²) in [6.45, 7) is 3.96. The lowest BCUT2D eigenvalue weighted by Gasteiger charge is -2.18. The Morgan fingerprint density at radius 2 is 2.00 bits per heavy atom. The molecule has 0 heterocycles. The van der Waals surface area contributed by atoms with E-state index in [-0.39, 0.29) is 5.54 Å². The Balaban J connectivity index is 2.45. The molecule has 0 saturated carbocycles. The van der Waals surface area contributed by atoms with Crippen molar-refractivity contribution in [3.63, 3.8) is 0 Å². The van der Waals surface area contributed by atoms with Gasteiger partial charge in [0.1, 0.15) is 0 Å². The van der Waals surface area contributed by atoms with Crippen molar-refractivity contribution in [2.75, 3.05) is 0 Å². The molecule has 0 aromatic heterocycles. The van der Waals surface area contributed by atoms with Crippen LogP contribution < -0.4 is 5.73 Å². The second-order valence-electron chi connectivity index (χ2n) is 5.59. The molecule has 0 aromatic rings. The van der Waals surface area contributed by atoms with Gasteiger partial charge in [-0.15, -0.1) is 0 Å².